The van der Waals surface area contributed by atoms with Crippen molar-refractivity contribution < 1.29 is 9.53 Å². The van der Waals surface area contributed by atoms with Gasteiger partial charge in [-0.15, -0.1) is 0 Å². The molecule has 2 aromatic rings. The van der Waals surface area contributed by atoms with E-state index in [1.165, 1.54) is 11.1 Å². The van der Waals surface area contributed by atoms with Gasteiger partial charge in [0.25, 0.3) is 0 Å². The third kappa shape index (κ3) is 4.67. The fraction of sp³-hybridized carbons (Fsp3) is 0.450. The van der Waals surface area contributed by atoms with Gasteiger partial charge in [0.15, 0.2) is 0 Å². The van der Waals surface area contributed by atoms with Crippen LogP contribution in [0.2, 0.25) is 0 Å². The van der Waals surface area contributed by atoms with Crippen LogP contribution in [0, 0.1) is 20.8 Å². The summed E-state index contributed by atoms with van der Waals surface area (Å²) in [6, 6.07) is 8.24. The predicted molar refractivity (Wildman–Crippen MR) is 107 cm³/mol. The van der Waals surface area contributed by atoms with Gasteiger partial charge in [0.2, 0.25) is 5.95 Å². The summed E-state index contributed by atoms with van der Waals surface area (Å²) in [5.41, 5.74) is 4.35. The second-order valence-electron chi connectivity index (χ2n) is 6.81. The number of hydrogen-bond donors (Lipinski definition) is 1. The number of nitrogens with zero attached hydrogens (tertiary/aromatic N) is 4. The van der Waals surface area contributed by atoms with Gasteiger partial charge in [0.05, 0.1) is 6.61 Å². The van der Waals surface area contributed by atoms with Crippen LogP contribution in [0.3, 0.4) is 0 Å². The first-order valence-corrected chi connectivity index (χ1v) is 9.33. The topological polar surface area (TPSA) is 70.6 Å². The quantitative estimate of drug-likeness (QED) is 0.890. The average Bonchev–Trinajstić information content (AvgIpc) is 2.64. The number of piperazine rings is 1. The van der Waals surface area contributed by atoms with Gasteiger partial charge in [0, 0.05) is 43.6 Å². The summed E-state index contributed by atoms with van der Waals surface area (Å²) in [4.78, 5) is 25.0. The molecule has 144 valence electrons. The lowest BCUT2D eigenvalue weighted by molar-refractivity contribution is 0.105. The number of carbonyl (C=O) groups is 1. The molecule has 0 radical (unpaired) electrons. The standard InChI is InChI=1S/C20H27N5O2/c1-5-27-20(26)25-10-8-24(9-11-25)19-21-16(4)13-18(23-19)22-17-7-6-14(2)12-15(17)3/h6-7,12-13H,5,8-11H2,1-4H3,(H,21,22,23). The zero-order valence-electron chi connectivity index (χ0n) is 16.5. The van der Waals surface area contributed by atoms with Crippen LogP contribution in [0.25, 0.3) is 0 Å². The largest absolute Gasteiger partial charge is 0.450 e. The van der Waals surface area contributed by atoms with E-state index in [0.29, 0.717) is 38.7 Å². The Labute approximate surface area is 160 Å². The van der Waals surface area contributed by atoms with Crippen LogP contribution < -0.4 is 10.2 Å². The maximum absolute atomic E-state index is 11.9. The minimum Gasteiger partial charge on any atom is -0.450 e. The number of aromatic nitrogens is 2. The Balaban J connectivity index is 1.71. The van der Waals surface area contributed by atoms with E-state index in [2.05, 4.69) is 47.2 Å². The van der Waals surface area contributed by atoms with E-state index < -0.39 is 0 Å². The fourth-order valence-electron chi connectivity index (χ4n) is 3.15. The van der Waals surface area contributed by atoms with Gasteiger partial charge in [-0.3, -0.25) is 0 Å². The molecule has 1 amide bonds. The molecule has 7 heteroatoms. The molecule has 1 aromatic carbocycles. The molecule has 1 N–H and O–H groups in total. The van der Waals surface area contributed by atoms with E-state index in [1.54, 1.807) is 4.90 Å². The molecule has 1 aliphatic rings. The van der Waals surface area contributed by atoms with E-state index in [4.69, 9.17) is 9.72 Å². The van der Waals surface area contributed by atoms with Crippen LogP contribution in [0.1, 0.15) is 23.7 Å². The van der Waals surface area contributed by atoms with Crippen molar-refractivity contribution in [2.75, 3.05) is 43.0 Å². The Hall–Kier alpha value is -2.83. The smallest absolute Gasteiger partial charge is 0.409 e. The lowest BCUT2D eigenvalue weighted by atomic mass is 10.1. The second kappa shape index (κ2) is 8.24. The highest BCUT2D eigenvalue weighted by molar-refractivity contribution is 5.68. The van der Waals surface area contributed by atoms with Crippen molar-refractivity contribution in [3.63, 3.8) is 0 Å². The normalized spacial score (nSPS) is 14.2. The van der Waals surface area contributed by atoms with E-state index in [1.807, 2.05) is 19.9 Å². The van der Waals surface area contributed by atoms with Crippen molar-refractivity contribution in [3.05, 3.63) is 41.1 Å². The molecule has 1 aliphatic heterocycles. The summed E-state index contributed by atoms with van der Waals surface area (Å²) in [5.74, 6) is 1.46. The predicted octanol–water partition coefficient (Wildman–Crippen LogP) is 3.42. The van der Waals surface area contributed by atoms with Crippen LogP contribution in [0.5, 0.6) is 0 Å². The number of aryl methyl sites for hydroxylation is 3. The minimum atomic E-state index is -0.250. The number of carbonyl (C=O) groups excluding carboxylic acids is 1. The van der Waals surface area contributed by atoms with Gasteiger partial charge in [-0.1, -0.05) is 17.7 Å². The van der Waals surface area contributed by atoms with Crippen molar-refractivity contribution in [1.29, 1.82) is 0 Å². The lowest BCUT2D eigenvalue weighted by Gasteiger charge is -2.34. The molecular formula is C20H27N5O2. The first kappa shape index (κ1) is 18.9. The van der Waals surface area contributed by atoms with Crippen molar-refractivity contribution in [2.24, 2.45) is 0 Å². The number of anilines is 3. The summed E-state index contributed by atoms with van der Waals surface area (Å²) in [6.45, 7) is 10.9. The molecule has 0 unspecified atom stereocenters. The van der Waals surface area contributed by atoms with Crippen LogP contribution in [0.15, 0.2) is 24.3 Å². The molecule has 0 spiro atoms. The molecule has 3 rings (SSSR count). The van der Waals surface area contributed by atoms with E-state index >= 15 is 0 Å². The third-order valence-corrected chi connectivity index (χ3v) is 4.58. The highest BCUT2D eigenvalue weighted by Crippen LogP contribution is 2.23. The Morgan fingerprint density at radius 1 is 1.11 bits per heavy atom. The van der Waals surface area contributed by atoms with Gasteiger partial charge in [-0.05, 0) is 39.3 Å². The van der Waals surface area contributed by atoms with E-state index in [9.17, 15) is 4.79 Å². The van der Waals surface area contributed by atoms with Crippen molar-refractivity contribution in [2.45, 2.75) is 27.7 Å². The minimum absolute atomic E-state index is 0.250. The van der Waals surface area contributed by atoms with Crippen LogP contribution in [-0.2, 0) is 4.74 Å². The van der Waals surface area contributed by atoms with E-state index in [-0.39, 0.29) is 6.09 Å². The molecular weight excluding hydrogens is 342 g/mol. The Bertz CT molecular complexity index is 816. The first-order valence-electron chi connectivity index (χ1n) is 9.33. The molecule has 0 atom stereocenters. The number of nitrogens with one attached hydrogen (secondary N) is 1. The van der Waals surface area contributed by atoms with Crippen molar-refractivity contribution in [3.8, 4) is 0 Å². The average molecular weight is 369 g/mol. The van der Waals surface area contributed by atoms with Gasteiger partial charge in [-0.25, -0.2) is 9.78 Å². The number of benzene rings is 1. The zero-order chi connectivity index (χ0) is 19.4. The van der Waals surface area contributed by atoms with Crippen LogP contribution in [0.4, 0.5) is 22.2 Å². The highest BCUT2D eigenvalue weighted by Gasteiger charge is 2.23. The number of rotatable bonds is 4. The first-order chi connectivity index (χ1) is 13.0. The molecule has 1 aromatic heterocycles. The molecule has 7 nitrogen and oxygen atoms in total. The Morgan fingerprint density at radius 2 is 1.85 bits per heavy atom. The summed E-state index contributed by atoms with van der Waals surface area (Å²) >= 11 is 0. The molecule has 1 fully saturated rings. The van der Waals surface area contributed by atoms with Crippen molar-refractivity contribution in [1.82, 2.24) is 14.9 Å². The lowest BCUT2D eigenvalue weighted by Crippen LogP contribution is -2.49. The van der Waals surface area contributed by atoms with Crippen LogP contribution >= 0.6 is 0 Å². The number of ether oxygens (including phenoxy) is 1. The molecule has 2 heterocycles. The second-order valence-corrected chi connectivity index (χ2v) is 6.81. The summed E-state index contributed by atoms with van der Waals surface area (Å²) < 4.78 is 5.07. The Kier molecular flexibility index (Phi) is 5.78. The third-order valence-electron chi connectivity index (χ3n) is 4.58. The van der Waals surface area contributed by atoms with E-state index in [0.717, 1.165) is 17.2 Å². The maximum atomic E-state index is 11.9. The highest BCUT2D eigenvalue weighted by atomic mass is 16.6. The number of amides is 1. The SMILES string of the molecule is CCOC(=O)N1CCN(c2nc(C)cc(Nc3ccc(C)cc3C)n2)CC1. The van der Waals surface area contributed by atoms with Gasteiger partial charge >= 0.3 is 6.09 Å². The molecule has 0 saturated carbocycles. The maximum Gasteiger partial charge on any atom is 0.409 e. The number of hydrogen-bond acceptors (Lipinski definition) is 6. The zero-order valence-corrected chi connectivity index (χ0v) is 16.5. The molecule has 0 bridgehead atoms. The summed E-state index contributed by atoms with van der Waals surface area (Å²) in [5, 5.41) is 3.40. The van der Waals surface area contributed by atoms with Gasteiger partial charge < -0.3 is 19.9 Å². The van der Waals surface area contributed by atoms with Gasteiger partial charge in [0.1, 0.15) is 5.82 Å². The Morgan fingerprint density at radius 3 is 2.52 bits per heavy atom. The van der Waals surface area contributed by atoms with Crippen LogP contribution in [-0.4, -0.2) is 53.7 Å². The molecule has 1 saturated heterocycles. The molecule has 27 heavy (non-hydrogen) atoms. The summed E-state index contributed by atoms with van der Waals surface area (Å²) in [6.07, 6.45) is -0.250. The van der Waals surface area contributed by atoms with Crippen molar-refractivity contribution >= 4 is 23.5 Å². The summed E-state index contributed by atoms with van der Waals surface area (Å²) in [7, 11) is 0. The van der Waals surface area contributed by atoms with Gasteiger partial charge in [-0.2, -0.15) is 4.98 Å². The monoisotopic (exact) mass is 369 g/mol. The fourth-order valence-corrected chi connectivity index (χ4v) is 3.15. The molecule has 0 aliphatic carbocycles.